The van der Waals surface area contributed by atoms with Crippen molar-refractivity contribution in [1.29, 1.82) is 0 Å². The Morgan fingerprint density at radius 3 is 2.43 bits per heavy atom. The second kappa shape index (κ2) is 7.43. The van der Waals surface area contributed by atoms with E-state index in [-0.39, 0.29) is 5.54 Å². The van der Waals surface area contributed by atoms with E-state index in [0.29, 0.717) is 12.0 Å². The predicted molar refractivity (Wildman–Crippen MR) is 89.4 cm³/mol. The van der Waals surface area contributed by atoms with Crippen molar-refractivity contribution in [3.63, 3.8) is 0 Å². The first-order valence-corrected chi connectivity index (χ1v) is 9.07. The maximum atomic E-state index is 6.26. The molecule has 1 aliphatic carbocycles. The van der Waals surface area contributed by atoms with Gasteiger partial charge in [0.15, 0.2) is 0 Å². The van der Waals surface area contributed by atoms with Crippen LogP contribution in [0.15, 0.2) is 0 Å². The average Bonchev–Trinajstić information content (AvgIpc) is 2.54. The van der Waals surface area contributed by atoms with Crippen LogP contribution >= 0.6 is 0 Å². The lowest BCUT2D eigenvalue weighted by atomic mass is 9.78. The zero-order valence-corrected chi connectivity index (χ0v) is 14.6. The van der Waals surface area contributed by atoms with Crippen molar-refractivity contribution >= 4 is 0 Å². The standard InChI is InChI=1S/C18H36N2O/c1-5-15-6-8-16(9-7-15)20(4)18(13-19)10-11-21-17(12-18)14(2)3/h14-17H,5-13,19H2,1-4H3. The molecule has 2 unspecified atom stereocenters. The summed E-state index contributed by atoms with van der Waals surface area (Å²) < 4.78 is 5.99. The van der Waals surface area contributed by atoms with Crippen LogP contribution in [0.5, 0.6) is 0 Å². The van der Waals surface area contributed by atoms with Crippen LogP contribution in [0.4, 0.5) is 0 Å². The van der Waals surface area contributed by atoms with Gasteiger partial charge in [0.2, 0.25) is 0 Å². The van der Waals surface area contributed by atoms with Crippen LogP contribution in [0.1, 0.15) is 65.7 Å². The molecule has 2 aliphatic rings. The lowest BCUT2D eigenvalue weighted by Gasteiger charge is -2.51. The fourth-order valence-electron chi connectivity index (χ4n) is 4.34. The van der Waals surface area contributed by atoms with Crippen LogP contribution < -0.4 is 5.73 Å². The van der Waals surface area contributed by atoms with Crippen molar-refractivity contribution in [2.24, 2.45) is 17.6 Å². The lowest BCUT2D eigenvalue weighted by Crippen LogP contribution is -2.61. The van der Waals surface area contributed by atoms with Crippen molar-refractivity contribution in [1.82, 2.24) is 4.90 Å². The number of hydrogen-bond donors (Lipinski definition) is 1. The summed E-state index contributed by atoms with van der Waals surface area (Å²) in [7, 11) is 2.33. The Morgan fingerprint density at radius 2 is 1.90 bits per heavy atom. The summed E-state index contributed by atoms with van der Waals surface area (Å²) in [5.74, 6) is 1.54. The average molecular weight is 296 g/mol. The quantitative estimate of drug-likeness (QED) is 0.845. The summed E-state index contributed by atoms with van der Waals surface area (Å²) in [5, 5.41) is 0. The Hall–Kier alpha value is -0.120. The third kappa shape index (κ3) is 3.80. The van der Waals surface area contributed by atoms with Crippen LogP contribution in [0.3, 0.4) is 0 Å². The number of nitrogens with two attached hydrogens (primary N) is 1. The molecule has 0 radical (unpaired) electrons. The molecule has 2 atom stereocenters. The summed E-state index contributed by atoms with van der Waals surface area (Å²) in [6.45, 7) is 8.51. The third-order valence-corrected chi connectivity index (χ3v) is 6.29. The molecular formula is C18H36N2O. The van der Waals surface area contributed by atoms with E-state index in [4.69, 9.17) is 10.5 Å². The van der Waals surface area contributed by atoms with Crippen LogP contribution in [0.2, 0.25) is 0 Å². The SMILES string of the molecule is CCC1CCC(N(C)C2(CN)CCOC(C(C)C)C2)CC1. The second-order valence-electron chi connectivity index (χ2n) is 7.73. The molecule has 1 aliphatic heterocycles. The van der Waals surface area contributed by atoms with Crippen molar-refractivity contribution in [3.05, 3.63) is 0 Å². The Balaban J connectivity index is 2.02. The van der Waals surface area contributed by atoms with Crippen LogP contribution in [-0.4, -0.2) is 42.8 Å². The predicted octanol–water partition coefficient (Wildman–Crippen LogP) is 3.42. The maximum Gasteiger partial charge on any atom is 0.0616 e. The molecular weight excluding hydrogens is 260 g/mol. The van der Waals surface area contributed by atoms with Gasteiger partial charge in [-0.15, -0.1) is 0 Å². The molecule has 2 rings (SSSR count). The molecule has 0 spiro atoms. The van der Waals surface area contributed by atoms with Crippen LogP contribution in [-0.2, 0) is 4.74 Å². The van der Waals surface area contributed by atoms with E-state index in [1.165, 1.54) is 32.1 Å². The number of likely N-dealkylation sites (N-methyl/N-ethyl adjacent to an activating group) is 1. The van der Waals surface area contributed by atoms with Gasteiger partial charge in [0, 0.05) is 24.7 Å². The number of rotatable bonds is 5. The highest BCUT2D eigenvalue weighted by Crippen LogP contribution is 2.37. The second-order valence-corrected chi connectivity index (χ2v) is 7.73. The number of nitrogens with zero attached hydrogens (tertiary/aromatic N) is 1. The molecule has 0 aromatic rings. The Morgan fingerprint density at radius 1 is 1.24 bits per heavy atom. The monoisotopic (exact) mass is 296 g/mol. The summed E-state index contributed by atoms with van der Waals surface area (Å²) in [6.07, 6.45) is 9.42. The molecule has 124 valence electrons. The van der Waals surface area contributed by atoms with Gasteiger partial charge in [0.05, 0.1) is 6.10 Å². The molecule has 0 amide bonds. The summed E-state index contributed by atoms with van der Waals surface area (Å²) in [6, 6.07) is 0.724. The Labute approximate surface area is 131 Å². The van der Waals surface area contributed by atoms with E-state index >= 15 is 0 Å². The van der Waals surface area contributed by atoms with Gasteiger partial charge in [-0.05, 0) is 57.4 Å². The minimum Gasteiger partial charge on any atom is -0.378 e. The smallest absolute Gasteiger partial charge is 0.0616 e. The van der Waals surface area contributed by atoms with Crippen molar-refractivity contribution in [2.75, 3.05) is 20.2 Å². The van der Waals surface area contributed by atoms with Crippen molar-refractivity contribution in [3.8, 4) is 0 Å². The first kappa shape index (κ1) is 17.2. The van der Waals surface area contributed by atoms with Gasteiger partial charge in [-0.2, -0.15) is 0 Å². The maximum absolute atomic E-state index is 6.26. The Bertz CT molecular complexity index is 312. The summed E-state index contributed by atoms with van der Waals surface area (Å²) in [4.78, 5) is 2.65. The molecule has 1 saturated carbocycles. The summed E-state index contributed by atoms with van der Waals surface area (Å²) >= 11 is 0. The van der Waals surface area contributed by atoms with Gasteiger partial charge in [-0.3, -0.25) is 4.90 Å². The largest absolute Gasteiger partial charge is 0.378 e. The number of ether oxygens (including phenoxy) is 1. The first-order chi connectivity index (χ1) is 10.0. The highest BCUT2D eigenvalue weighted by Gasteiger charge is 2.43. The van der Waals surface area contributed by atoms with E-state index < -0.39 is 0 Å². The van der Waals surface area contributed by atoms with Gasteiger partial charge in [-0.1, -0.05) is 27.2 Å². The molecule has 0 aromatic carbocycles. The van der Waals surface area contributed by atoms with Crippen molar-refractivity contribution < 1.29 is 4.74 Å². The molecule has 2 fully saturated rings. The minimum atomic E-state index is 0.164. The topological polar surface area (TPSA) is 38.5 Å². The fourth-order valence-corrected chi connectivity index (χ4v) is 4.34. The number of hydrogen-bond acceptors (Lipinski definition) is 3. The molecule has 1 heterocycles. The van der Waals surface area contributed by atoms with Gasteiger partial charge in [0.1, 0.15) is 0 Å². The zero-order chi connectivity index (χ0) is 15.5. The zero-order valence-electron chi connectivity index (χ0n) is 14.6. The minimum absolute atomic E-state index is 0.164. The van der Waals surface area contributed by atoms with Crippen LogP contribution in [0, 0.1) is 11.8 Å². The molecule has 3 nitrogen and oxygen atoms in total. The van der Waals surface area contributed by atoms with Gasteiger partial charge >= 0.3 is 0 Å². The lowest BCUT2D eigenvalue weighted by molar-refractivity contribution is -0.0948. The molecule has 3 heteroatoms. The summed E-state index contributed by atoms with van der Waals surface area (Å²) in [5.41, 5.74) is 6.43. The first-order valence-electron chi connectivity index (χ1n) is 9.07. The van der Waals surface area contributed by atoms with E-state index in [0.717, 1.165) is 38.0 Å². The molecule has 21 heavy (non-hydrogen) atoms. The van der Waals surface area contributed by atoms with E-state index in [2.05, 4.69) is 32.7 Å². The molecule has 0 bridgehead atoms. The van der Waals surface area contributed by atoms with Gasteiger partial charge < -0.3 is 10.5 Å². The van der Waals surface area contributed by atoms with Gasteiger partial charge in [-0.25, -0.2) is 0 Å². The van der Waals surface area contributed by atoms with E-state index in [1.807, 2.05) is 0 Å². The van der Waals surface area contributed by atoms with E-state index in [1.54, 1.807) is 0 Å². The van der Waals surface area contributed by atoms with Gasteiger partial charge in [0.25, 0.3) is 0 Å². The molecule has 0 aromatic heterocycles. The third-order valence-electron chi connectivity index (χ3n) is 6.29. The Kier molecular flexibility index (Phi) is 6.10. The normalized spacial score (nSPS) is 38.1. The molecule has 2 N–H and O–H groups in total. The van der Waals surface area contributed by atoms with Crippen LogP contribution in [0.25, 0.3) is 0 Å². The highest BCUT2D eigenvalue weighted by atomic mass is 16.5. The molecule has 1 saturated heterocycles. The van der Waals surface area contributed by atoms with E-state index in [9.17, 15) is 0 Å². The highest BCUT2D eigenvalue weighted by molar-refractivity contribution is 4.98. The van der Waals surface area contributed by atoms with Crippen molar-refractivity contribution in [2.45, 2.75) is 83.4 Å². The fraction of sp³-hybridized carbons (Fsp3) is 1.00.